The van der Waals surface area contributed by atoms with Crippen molar-refractivity contribution in [2.45, 2.75) is 110 Å². The lowest BCUT2D eigenvalue weighted by Gasteiger charge is -2.13. The number of carboxylic acids is 1. The summed E-state index contributed by atoms with van der Waals surface area (Å²) in [6.45, 7) is 4.55. The minimum absolute atomic E-state index is 0.119. The van der Waals surface area contributed by atoms with Crippen LogP contribution >= 0.6 is 0 Å². The topological polar surface area (TPSA) is 63.6 Å². The van der Waals surface area contributed by atoms with E-state index in [1.54, 1.807) is 0 Å². The third-order valence-corrected chi connectivity index (χ3v) is 4.77. The molecule has 0 saturated heterocycles. The van der Waals surface area contributed by atoms with Gasteiger partial charge in [0.05, 0.1) is 18.9 Å². The molecule has 0 aliphatic rings. The van der Waals surface area contributed by atoms with Crippen molar-refractivity contribution >= 4 is 11.9 Å². The molecule has 0 aliphatic heterocycles. The molecule has 0 amide bonds. The highest BCUT2D eigenvalue weighted by Crippen LogP contribution is 2.17. The predicted molar refractivity (Wildman–Crippen MR) is 112 cm³/mol. The highest BCUT2D eigenvalue weighted by Gasteiger charge is 2.22. The van der Waals surface area contributed by atoms with Gasteiger partial charge in [-0.25, -0.2) is 0 Å². The summed E-state index contributed by atoms with van der Waals surface area (Å²) in [4.78, 5) is 22.8. The van der Waals surface area contributed by atoms with E-state index in [1.165, 1.54) is 51.4 Å². The van der Waals surface area contributed by atoms with Gasteiger partial charge >= 0.3 is 11.9 Å². The van der Waals surface area contributed by atoms with Crippen molar-refractivity contribution in [1.29, 1.82) is 0 Å². The first kappa shape index (κ1) is 25.7. The van der Waals surface area contributed by atoms with Crippen LogP contribution < -0.4 is 0 Å². The van der Waals surface area contributed by atoms with E-state index >= 15 is 0 Å². The molecule has 0 rings (SSSR count). The molecule has 0 spiro atoms. The van der Waals surface area contributed by atoms with Crippen LogP contribution in [0.5, 0.6) is 0 Å². The fourth-order valence-corrected chi connectivity index (χ4v) is 3.12. The van der Waals surface area contributed by atoms with Crippen LogP contribution in [0, 0.1) is 5.92 Å². The fraction of sp³-hybridized carbons (Fsp3) is 0.826. The summed E-state index contributed by atoms with van der Waals surface area (Å²) in [7, 11) is 0. The summed E-state index contributed by atoms with van der Waals surface area (Å²) < 4.78 is 5.11. The minimum Gasteiger partial charge on any atom is -0.481 e. The molecule has 1 N–H and O–H groups in total. The zero-order chi connectivity index (χ0) is 20.2. The lowest BCUT2D eigenvalue weighted by Crippen LogP contribution is -2.21. The van der Waals surface area contributed by atoms with Gasteiger partial charge in [-0.1, -0.05) is 77.4 Å². The molecule has 0 aromatic carbocycles. The van der Waals surface area contributed by atoms with E-state index in [1.807, 2.05) is 6.92 Å². The maximum atomic E-state index is 11.9. The van der Waals surface area contributed by atoms with E-state index < -0.39 is 11.9 Å². The molecular formula is C23H42O4. The number of rotatable bonds is 19. The smallest absolute Gasteiger partial charge is 0.309 e. The molecule has 0 saturated carbocycles. The molecule has 0 fully saturated rings. The Hall–Kier alpha value is -1.32. The predicted octanol–water partition coefficient (Wildman–Crippen LogP) is 6.68. The Morgan fingerprint density at radius 2 is 1.37 bits per heavy atom. The van der Waals surface area contributed by atoms with E-state index in [0.29, 0.717) is 13.0 Å². The Morgan fingerprint density at radius 1 is 0.815 bits per heavy atom. The summed E-state index contributed by atoms with van der Waals surface area (Å²) in [5.74, 6) is -1.76. The molecule has 1 atom stereocenters. The van der Waals surface area contributed by atoms with Crippen LogP contribution in [0.15, 0.2) is 12.2 Å². The van der Waals surface area contributed by atoms with Gasteiger partial charge in [0.2, 0.25) is 0 Å². The van der Waals surface area contributed by atoms with Gasteiger partial charge in [-0.15, -0.1) is 0 Å². The van der Waals surface area contributed by atoms with Crippen molar-refractivity contribution < 1.29 is 19.4 Å². The third kappa shape index (κ3) is 17.8. The van der Waals surface area contributed by atoms with Crippen molar-refractivity contribution in [2.75, 3.05) is 6.61 Å². The minimum atomic E-state index is -0.925. The first-order chi connectivity index (χ1) is 13.1. The summed E-state index contributed by atoms with van der Waals surface area (Å²) in [5, 5.41) is 8.96. The van der Waals surface area contributed by atoms with Gasteiger partial charge in [0.15, 0.2) is 0 Å². The number of hydrogen-bond acceptors (Lipinski definition) is 3. The Kier molecular flexibility index (Phi) is 18.5. The maximum absolute atomic E-state index is 11.9. The number of hydrogen-bond donors (Lipinski definition) is 1. The highest BCUT2D eigenvalue weighted by molar-refractivity contribution is 5.79. The van der Waals surface area contributed by atoms with Crippen LogP contribution in [0.1, 0.15) is 110 Å². The quantitative estimate of drug-likeness (QED) is 0.154. The van der Waals surface area contributed by atoms with Crippen LogP contribution in [0.2, 0.25) is 0 Å². The number of aliphatic carboxylic acids is 1. The van der Waals surface area contributed by atoms with Gasteiger partial charge in [-0.05, 0) is 38.5 Å². The monoisotopic (exact) mass is 382 g/mol. The molecule has 0 heterocycles. The van der Waals surface area contributed by atoms with Crippen LogP contribution in [-0.2, 0) is 14.3 Å². The summed E-state index contributed by atoms with van der Waals surface area (Å²) in [5.41, 5.74) is 0. The van der Waals surface area contributed by atoms with E-state index in [0.717, 1.165) is 32.1 Å². The van der Waals surface area contributed by atoms with Crippen LogP contribution in [0.3, 0.4) is 0 Å². The average molecular weight is 383 g/mol. The second kappa shape index (κ2) is 19.4. The van der Waals surface area contributed by atoms with Gasteiger partial charge in [-0.3, -0.25) is 9.59 Å². The van der Waals surface area contributed by atoms with Crippen LogP contribution in [0.4, 0.5) is 0 Å². The molecule has 158 valence electrons. The molecule has 0 aromatic heterocycles. The maximum Gasteiger partial charge on any atom is 0.309 e. The zero-order valence-corrected chi connectivity index (χ0v) is 17.7. The molecule has 4 heteroatoms. The molecule has 0 radical (unpaired) electrons. The number of unbranched alkanes of at least 4 members (excludes halogenated alkanes) is 10. The van der Waals surface area contributed by atoms with E-state index in [9.17, 15) is 9.59 Å². The van der Waals surface area contributed by atoms with E-state index in [4.69, 9.17) is 9.84 Å². The molecule has 1 unspecified atom stereocenters. The number of ether oxygens (including phenoxy) is 1. The van der Waals surface area contributed by atoms with Gasteiger partial charge in [-0.2, -0.15) is 0 Å². The summed E-state index contributed by atoms with van der Waals surface area (Å²) in [6, 6.07) is 0. The van der Waals surface area contributed by atoms with Gasteiger partial charge in [0.1, 0.15) is 0 Å². The number of allylic oxidation sites excluding steroid dienone is 2. The zero-order valence-electron chi connectivity index (χ0n) is 17.7. The Morgan fingerprint density at radius 3 is 1.93 bits per heavy atom. The van der Waals surface area contributed by atoms with Crippen molar-refractivity contribution in [3.05, 3.63) is 12.2 Å². The van der Waals surface area contributed by atoms with Crippen LogP contribution in [-0.4, -0.2) is 23.7 Å². The lowest BCUT2D eigenvalue weighted by molar-refractivity contribution is -0.153. The van der Waals surface area contributed by atoms with Crippen molar-refractivity contribution in [3.63, 3.8) is 0 Å². The van der Waals surface area contributed by atoms with E-state index in [2.05, 4.69) is 19.1 Å². The summed E-state index contributed by atoms with van der Waals surface area (Å²) >= 11 is 0. The van der Waals surface area contributed by atoms with Crippen molar-refractivity contribution in [2.24, 2.45) is 5.92 Å². The molecular weight excluding hydrogens is 340 g/mol. The Balaban J connectivity index is 3.63. The standard InChI is InChI=1S/C23H42O4/c1-3-5-6-7-8-9-10-11-12-13-14-15-16-17-18-21(20-22(24)25)23(26)27-19-4-2/h10-11,21H,3-9,12-20H2,1-2H3,(H,24,25)/b11-10+. The van der Waals surface area contributed by atoms with Crippen molar-refractivity contribution in [1.82, 2.24) is 0 Å². The number of carbonyl (C=O) groups excluding carboxylic acids is 1. The highest BCUT2D eigenvalue weighted by atomic mass is 16.5. The normalized spacial score (nSPS) is 12.4. The van der Waals surface area contributed by atoms with Crippen molar-refractivity contribution in [3.8, 4) is 0 Å². The Labute approximate surface area is 166 Å². The first-order valence-electron chi connectivity index (χ1n) is 11.1. The van der Waals surface area contributed by atoms with Gasteiger partial charge in [0, 0.05) is 0 Å². The summed E-state index contributed by atoms with van der Waals surface area (Å²) in [6.07, 6.45) is 20.5. The molecule has 0 bridgehead atoms. The molecule has 4 nitrogen and oxygen atoms in total. The molecule has 0 aromatic rings. The lowest BCUT2D eigenvalue weighted by atomic mass is 9.97. The fourth-order valence-electron chi connectivity index (χ4n) is 3.12. The second-order valence-corrected chi connectivity index (χ2v) is 7.48. The van der Waals surface area contributed by atoms with Gasteiger partial charge < -0.3 is 9.84 Å². The largest absolute Gasteiger partial charge is 0.481 e. The number of esters is 1. The molecule has 0 aliphatic carbocycles. The Bertz CT molecular complexity index is 390. The third-order valence-electron chi connectivity index (χ3n) is 4.77. The molecule has 27 heavy (non-hydrogen) atoms. The SMILES string of the molecule is CCCCCCC/C=C/CCCCCCCC(CC(=O)O)C(=O)OCCC. The van der Waals surface area contributed by atoms with Crippen LogP contribution in [0.25, 0.3) is 0 Å². The van der Waals surface area contributed by atoms with Gasteiger partial charge in [0.25, 0.3) is 0 Å². The average Bonchev–Trinajstić information content (AvgIpc) is 2.65. The first-order valence-corrected chi connectivity index (χ1v) is 11.1. The number of carbonyl (C=O) groups is 2. The number of carboxylic acid groups (broad SMARTS) is 1. The van der Waals surface area contributed by atoms with E-state index in [-0.39, 0.29) is 12.4 Å². The second-order valence-electron chi connectivity index (χ2n) is 7.48.